The zero-order chi connectivity index (χ0) is 13.8. The number of amides is 1. The summed E-state index contributed by atoms with van der Waals surface area (Å²) in [4.78, 5) is 16.2. The van der Waals surface area contributed by atoms with Gasteiger partial charge in [-0.15, -0.1) is 0 Å². The van der Waals surface area contributed by atoms with Crippen molar-refractivity contribution in [1.29, 1.82) is 0 Å². The van der Waals surface area contributed by atoms with Crippen molar-refractivity contribution in [3.05, 3.63) is 53.3 Å². The molecule has 0 saturated heterocycles. The molecule has 2 N–H and O–H groups in total. The standard InChI is InChI=1S/C15H17N3O/c1-10-8-12(4-5-14(10)16-3)15(19)18-13-6-7-17-11(2)9-13/h4-9,16H,1-3H3,(H,17,18,19). The maximum atomic E-state index is 12.1. The average Bonchev–Trinajstić information content (AvgIpc) is 2.38. The first kappa shape index (κ1) is 13.1. The molecule has 0 spiro atoms. The van der Waals surface area contributed by atoms with E-state index in [-0.39, 0.29) is 5.91 Å². The summed E-state index contributed by atoms with van der Waals surface area (Å²) in [5.74, 6) is -0.114. The predicted octanol–water partition coefficient (Wildman–Crippen LogP) is 2.99. The Morgan fingerprint density at radius 1 is 1.16 bits per heavy atom. The summed E-state index contributed by atoms with van der Waals surface area (Å²) in [6, 6.07) is 9.20. The number of aromatic nitrogens is 1. The number of nitrogens with zero attached hydrogens (tertiary/aromatic N) is 1. The van der Waals surface area contributed by atoms with Gasteiger partial charge in [-0.25, -0.2) is 0 Å². The summed E-state index contributed by atoms with van der Waals surface area (Å²) >= 11 is 0. The van der Waals surface area contributed by atoms with Crippen LogP contribution in [0.15, 0.2) is 36.5 Å². The Kier molecular flexibility index (Phi) is 3.80. The summed E-state index contributed by atoms with van der Waals surface area (Å²) in [7, 11) is 1.86. The van der Waals surface area contributed by atoms with Gasteiger partial charge in [0, 0.05) is 35.9 Å². The van der Waals surface area contributed by atoms with Gasteiger partial charge in [0.15, 0.2) is 0 Å². The fourth-order valence-corrected chi connectivity index (χ4v) is 1.91. The molecule has 0 atom stereocenters. The van der Waals surface area contributed by atoms with Gasteiger partial charge in [0.25, 0.3) is 5.91 Å². The van der Waals surface area contributed by atoms with Crippen molar-refractivity contribution in [1.82, 2.24) is 4.98 Å². The summed E-state index contributed by atoms with van der Waals surface area (Å²) in [6.45, 7) is 3.86. The van der Waals surface area contributed by atoms with Crippen molar-refractivity contribution in [3.63, 3.8) is 0 Å². The molecule has 0 unspecified atom stereocenters. The number of carbonyl (C=O) groups excluding carboxylic acids is 1. The lowest BCUT2D eigenvalue weighted by Crippen LogP contribution is -2.12. The molecule has 0 aliphatic heterocycles. The first-order chi connectivity index (χ1) is 9.10. The van der Waals surface area contributed by atoms with Crippen LogP contribution >= 0.6 is 0 Å². The molecule has 1 amide bonds. The second-order valence-electron chi connectivity index (χ2n) is 4.42. The SMILES string of the molecule is CNc1ccc(C(=O)Nc2ccnc(C)c2)cc1C. The Bertz CT molecular complexity index is 608. The van der Waals surface area contributed by atoms with E-state index in [1.54, 1.807) is 12.3 Å². The van der Waals surface area contributed by atoms with Crippen LogP contribution in [0.4, 0.5) is 11.4 Å². The minimum Gasteiger partial charge on any atom is -0.388 e. The van der Waals surface area contributed by atoms with E-state index in [1.807, 2.05) is 45.2 Å². The number of carbonyl (C=O) groups is 1. The van der Waals surface area contributed by atoms with Gasteiger partial charge < -0.3 is 10.6 Å². The van der Waals surface area contributed by atoms with Gasteiger partial charge in [0.2, 0.25) is 0 Å². The lowest BCUT2D eigenvalue weighted by atomic mass is 10.1. The number of aryl methyl sites for hydroxylation is 2. The Morgan fingerprint density at radius 3 is 2.58 bits per heavy atom. The van der Waals surface area contributed by atoms with E-state index in [1.165, 1.54) is 0 Å². The van der Waals surface area contributed by atoms with Crippen LogP contribution in [0, 0.1) is 13.8 Å². The van der Waals surface area contributed by atoms with Gasteiger partial charge in [0.1, 0.15) is 0 Å². The lowest BCUT2D eigenvalue weighted by molar-refractivity contribution is 0.102. The van der Waals surface area contributed by atoms with Crippen molar-refractivity contribution >= 4 is 17.3 Å². The average molecular weight is 255 g/mol. The molecule has 0 radical (unpaired) electrons. The van der Waals surface area contributed by atoms with Gasteiger partial charge in [0.05, 0.1) is 0 Å². The molecule has 0 saturated carbocycles. The first-order valence-electron chi connectivity index (χ1n) is 6.12. The molecule has 4 heteroatoms. The van der Waals surface area contributed by atoms with Gasteiger partial charge >= 0.3 is 0 Å². The highest BCUT2D eigenvalue weighted by Gasteiger charge is 2.07. The van der Waals surface area contributed by atoms with Crippen molar-refractivity contribution < 1.29 is 4.79 Å². The molecule has 0 fully saturated rings. The van der Waals surface area contributed by atoms with E-state index in [9.17, 15) is 4.79 Å². The summed E-state index contributed by atoms with van der Waals surface area (Å²) in [5.41, 5.74) is 4.34. The third-order valence-electron chi connectivity index (χ3n) is 2.91. The number of anilines is 2. The number of nitrogens with one attached hydrogen (secondary N) is 2. The largest absolute Gasteiger partial charge is 0.388 e. The molecule has 1 aromatic heterocycles. The maximum Gasteiger partial charge on any atom is 0.255 e. The normalized spacial score (nSPS) is 10.1. The highest BCUT2D eigenvalue weighted by molar-refractivity contribution is 6.04. The molecule has 98 valence electrons. The number of hydrogen-bond donors (Lipinski definition) is 2. The van der Waals surface area contributed by atoms with E-state index >= 15 is 0 Å². The zero-order valence-corrected chi connectivity index (χ0v) is 11.3. The summed E-state index contributed by atoms with van der Waals surface area (Å²) in [6.07, 6.45) is 1.68. The monoisotopic (exact) mass is 255 g/mol. The van der Waals surface area contributed by atoms with E-state index in [0.717, 1.165) is 22.6 Å². The number of benzene rings is 1. The third kappa shape index (κ3) is 3.10. The quantitative estimate of drug-likeness (QED) is 0.886. The molecule has 4 nitrogen and oxygen atoms in total. The smallest absolute Gasteiger partial charge is 0.255 e. The van der Waals surface area contributed by atoms with Gasteiger partial charge in [-0.3, -0.25) is 9.78 Å². The van der Waals surface area contributed by atoms with Crippen LogP contribution in [0.5, 0.6) is 0 Å². The van der Waals surface area contributed by atoms with Crippen LogP contribution in [0.3, 0.4) is 0 Å². The lowest BCUT2D eigenvalue weighted by Gasteiger charge is -2.09. The van der Waals surface area contributed by atoms with E-state index in [0.29, 0.717) is 5.56 Å². The third-order valence-corrected chi connectivity index (χ3v) is 2.91. The Morgan fingerprint density at radius 2 is 1.95 bits per heavy atom. The van der Waals surface area contributed by atoms with Crippen LogP contribution in [0.1, 0.15) is 21.6 Å². The Balaban J connectivity index is 2.18. The summed E-state index contributed by atoms with van der Waals surface area (Å²) in [5, 5.41) is 5.94. The van der Waals surface area contributed by atoms with Crippen molar-refractivity contribution in [2.45, 2.75) is 13.8 Å². The molecular formula is C15H17N3O. The molecule has 0 aliphatic carbocycles. The van der Waals surface area contributed by atoms with Crippen LogP contribution in [-0.4, -0.2) is 17.9 Å². The first-order valence-corrected chi connectivity index (χ1v) is 6.12. The van der Waals surface area contributed by atoms with Gasteiger partial charge in [-0.2, -0.15) is 0 Å². The van der Waals surface area contributed by atoms with E-state index in [2.05, 4.69) is 15.6 Å². The van der Waals surface area contributed by atoms with Crippen molar-refractivity contribution in [2.24, 2.45) is 0 Å². The van der Waals surface area contributed by atoms with Crippen LogP contribution < -0.4 is 10.6 Å². The van der Waals surface area contributed by atoms with Crippen molar-refractivity contribution in [2.75, 3.05) is 17.7 Å². The van der Waals surface area contributed by atoms with Crippen LogP contribution in [0.25, 0.3) is 0 Å². The van der Waals surface area contributed by atoms with Gasteiger partial charge in [-0.1, -0.05) is 0 Å². The molecule has 1 heterocycles. The van der Waals surface area contributed by atoms with E-state index in [4.69, 9.17) is 0 Å². The topological polar surface area (TPSA) is 54.0 Å². The minimum atomic E-state index is -0.114. The zero-order valence-electron chi connectivity index (χ0n) is 11.3. The molecule has 19 heavy (non-hydrogen) atoms. The number of rotatable bonds is 3. The molecular weight excluding hydrogens is 238 g/mol. The molecule has 1 aromatic carbocycles. The molecule has 0 bridgehead atoms. The Hall–Kier alpha value is -2.36. The van der Waals surface area contributed by atoms with Gasteiger partial charge in [-0.05, 0) is 49.7 Å². The molecule has 2 rings (SSSR count). The second-order valence-corrected chi connectivity index (χ2v) is 4.42. The van der Waals surface area contributed by atoms with Crippen molar-refractivity contribution in [3.8, 4) is 0 Å². The fourth-order valence-electron chi connectivity index (χ4n) is 1.91. The van der Waals surface area contributed by atoms with E-state index < -0.39 is 0 Å². The Labute approximate surface area is 112 Å². The fraction of sp³-hybridized carbons (Fsp3) is 0.200. The number of hydrogen-bond acceptors (Lipinski definition) is 3. The van der Waals surface area contributed by atoms with Crippen LogP contribution in [-0.2, 0) is 0 Å². The summed E-state index contributed by atoms with van der Waals surface area (Å²) < 4.78 is 0. The second kappa shape index (κ2) is 5.52. The molecule has 2 aromatic rings. The minimum absolute atomic E-state index is 0.114. The number of pyridine rings is 1. The predicted molar refractivity (Wildman–Crippen MR) is 77.7 cm³/mol. The van der Waals surface area contributed by atoms with Crippen LogP contribution in [0.2, 0.25) is 0 Å². The highest BCUT2D eigenvalue weighted by atomic mass is 16.1. The highest BCUT2D eigenvalue weighted by Crippen LogP contribution is 2.17. The maximum absolute atomic E-state index is 12.1. The molecule has 0 aliphatic rings.